The number of rotatable bonds is 6. The lowest BCUT2D eigenvalue weighted by molar-refractivity contribution is -0.191. The van der Waals surface area contributed by atoms with Crippen molar-refractivity contribution in [2.24, 2.45) is 67.2 Å². The minimum Gasteiger partial charge on any atom is -0.478 e. The van der Waals surface area contributed by atoms with Gasteiger partial charge in [-0.2, -0.15) is 0 Å². The van der Waals surface area contributed by atoms with Crippen molar-refractivity contribution in [1.82, 2.24) is 0 Å². The molecule has 0 amide bonds. The molecule has 8 N–H and O–H groups in total. The van der Waals surface area contributed by atoms with Crippen molar-refractivity contribution in [3.8, 4) is 0 Å². The molecule has 0 aliphatic heterocycles. The molecule has 3 saturated carbocycles. The molecule has 290 valence electrons. The van der Waals surface area contributed by atoms with Crippen LogP contribution in [0.1, 0.15) is 92.6 Å². The summed E-state index contributed by atoms with van der Waals surface area (Å²) in [6, 6.07) is 9.16. The van der Waals surface area contributed by atoms with Gasteiger partial charge in [0.25, 0.3) is 0 Å². The second-order valence-electron chi connectivity index (χ2n) is 18.7. The van der Waals surface area contributed by atoms with Gasteiger partial charge in [-0.1, -0.05) is 96.2 Å². The normalized spacial score (nSPS) is 44.3. The van der Waals surface area contributed by atoms with E-state index in [0.717, 1.165) is 5.56 Å². The van der Waals surface area contributed by atoms with Crippen LogP contribution in [0.25, 0.3) is 6.08 Å². The van der Waals surface area contributed by atoms with Crippen LogP contribution < -0.4 is 11.5 Å². The molecule has 0 heterocycles. The molecule has 3 fully saturated rings. The maximum absolute atomic E-state index is 15.3. The van der Waals surface area contributed by atoms with Crippen molar-refractivity contribution in [3.63, 3.8) is 0 Å². The van der Waals surface area contributed by atoms with Crippen molar-refractivity contribution < 1.29 is 34.8 Å². The number of fused-ring (bicyclic) bond motifs is 3. The maximum Gasteiger partial charge on any atom is 0.331 e. The largest absolute Gasteiger partial charge is 0.478 e. The molecular formula is C44H57N3O7. The number of hydrogen-bond donors (Lipinski definition) is 6. The monoisotopic (exact) mass is 739 g/mol. The SMILES string of the molecule is CC(=C[C@@H](O)[C@@H]1[C@@H](N=C(N)N)C=C[C@]2(C[C@]3(O)CC[C@@]4(O)C5=C(C(=O)C[C@@]2(C)[C@]53C)[C@@]2(C)CCC(=O)C(C)(C)[C@@H]2[C@H]4C=Cc2ccccc2)[C@H]1C)C(=O)O. The van der Waals surface area contributed by atoms with Crippen molar-refractivity contribution in [1.29, 1.82) is 0 Å². The molecule has 1 spiro atoms. The highest BCUT2D eigenvalue weighted by atomic mass is 16.4. The van der Waals surface area contributed by atoms with E-state index in [0.29, 0.717) is 24.0 Å². The van der Waals surface area contributed by atoms with Crippen molar-refractivity contribution in [3.05, 3.63) is 76.9 Å². The fraction of sp³-hybridized carbons (Fsp3) is 0.591. The summed E-state index contributed by atoms with van der Waals surface area (Å²) < 4.78 is 0. The topological polar surface area (TPSA) is 197 Å². The fourth-order valence-electron chi connectivity index (χ4n) is 13.5. The molecule has 10 nitrogen and oxygen atoms in total. The second kappa shape index (κ2) is 12.1. The molecule has 6 aliphatic carbocycles. The Bertz CT molecular complexity index is 1960. The van der Waals surface area contributed by atoms with Gasteiger partial charge in [-0.15, -0.1) is 0 Å². The third kappa shape index (κ3) is 4.75. The Labute approximate surface area is 318 Å². The van der Waals surface area contributed by atoms with E-state index in [2.05, 4.69) is 24.9 Å². The number of allylic oxidation sites excluding steroid dienone is 2. The molecular weight excluding hydrogens is 682 g/mol. The van der Waals surface area contributed by atoms with Crippen molar-refractivity contribution in [2.45, 2.75) is 110 Å². The Hall–Kier alpha value is -3.86. The number of ketones is 2. The predicted octanol–water partition coefficient (Wildman–Crippen LogP) is 5.13. The minimum absolute atomic E-state index is 0.0279. The molecule has 0 saturated heterocycles. The van der Waals surface area contributed by atoms with E-state index in [1.54, 1.807) is 0 Å². The number of carbonyl (C=O) groups is 3. The van der Waals surface area contributed by atoms with Gasteiger partial charge in [0.15, 0.2) is 11.7 Å². The number of aliphatic hydroxyl groups is 3. The highest BCUT2D eigenvalue weighted by molar-refractivity contribution is 6.02. The summed E-state index contributed by atoms with van der Waals surface area (Å²) in [5.41, 5.74) is 6.37. The molecule has 0 aromatic heterocycles. The molecule has 1 aromatic carbocycles. The molecule has 7 rings (SSSR count). The van der Waals surface area contributed by atoms with Gasteiger partial charge in [0.05, 0.1) is 23.3 Å². The van der Waals surface area contributed by atoms with Gasteiger partial charge in [-0.25, -0.2) is 9.79 Å². The van der Waals surface area contributed by atoms with E-state index in [1.165, 1.54) is 13.0 Å². The van der Waals surface area contributed by atoms with E-state index in [-0.39, 0.29) is 54.7 Å². The number of aliphatic imine (C=N–C) groups is 1. The molecule has 0 unspecified atom stereocenters. The summed E-state index contributed by atoms with van der Waals surface area (Å²) in [4.78, 5) is 45.5. The zero-order valence-corrected chi connectivity index (χ0v) is 32.6. The van der Waals surface area contributed by atoms with Gasteiger partial charge in [-0.05, 0) is 67.1 Å². The predicted molar refractivity (Wildman–Crippen MR) is 206 cm³/mol. The molecule has 12 atom stereocenters. The maximum atomic E-state index is 15.3. The Morgan fingerprint density at radius 3 is 2.31 bits per heavy atom. The fourth-order valence-corrected chi connectivity index (χ4v) is 13.5. The zero-order chi connectivity index (χ0) is 39.6. The lowest BCUT2D eigenvalue weighted by Gasteiger charge is -2.70. The Balaban J connectivity index is 1.48. The molecule has 0 radical (unpaired) electrons. The van der Waals surface area contributed by atoms with Crippen LogP contribution in [0.15, 0.2) is 76.3 Å². The van der Waals surface area contributed by atoms with Crippen LogP contribution in [0.2, 0.25) is 0 Å². The smallest absolute Gasteiger partial charge is 0.331 e. The Morgan fingerprint density at radius 2 is 1.69 bits per heavy atom. The van der Waals surface area contributed by atoms with Crippen molar-refractivity contribution >= 4 is 29.6 Å². The highest BCUT2D eigenvalue weighted by Gasteiger charge is 2.83. The summed E-state index contributed by atoms with van der Waals surface area (Å²) in [5.74, 6) is -3.40. The lowest BCUT2D eigenvalue weighted by atomic mass is 9.34. The number of aliphatic carboxylic acids is 1. The molecule has 10 heteroatoms. The number of Topliss-reactive ketones (excluding diaryl/α,β-unsaturated/α-hetero) is 2. The van der Waals surface area contributed by atoms with Crippen LogP contribution in [0.3, 0.4) is 0 Å². The Morgan fingerprint density at radius 1 is 1.02 bits per heavy atom. The number of aliphatic hydroxyl groups excluding tert-OH is 1. The van der Waals surface area contributed by atoms with Gasteiger partial charge in [-0.3, -0.25) is 9.59 Å². The van der Waals surface area contributed by atoms with Crippen LogP contribution in [0.5, 0.6) is 0 Å². The van der Waals surface area contributed by atoms with Crippen LogP contribution in [-0.4, -0.2) is 67.3 Å². The standard InChI is InChI=1S/C44H57N3O7/c1-24(36(51)52)21-29(48)32-25(2)42(18-15-28(32)47-37(45)46)23-43(53)19-20-44(54)27(14-13-26-11-9-8-10-12-26)34-38(3,4)31(50)16-17-39(34,5)33-30(49)22-40(42,6)41(43,7)35(33)44/h8-15,18,21,25,27-29,32,34,48,53-54H,16-17,19-20,22-23H2,1-7H3,(H,51,52)(H4,45,46,47)/t25-,27+,28-,29+,32-,34-,39+,40-,41-,42-,43+,44-/m0/s1. The number of hydrogen-bond acceptors (Lipinski definition) is 7. The molecule has 6 aliphatic rings. The van der Waals surface area contributed by atoms with Gasteiger partial charge < -0.3 is 31.9 Å². The number of benzene rings is 1. The number of nitrogens with zero attached hydrogens (tertiary/aromatic N) is 1. The number of carbonyl (C=O) groups excluding carboxylic acids is 2. The number of guanidine groups is 1. The summed E-state index contributed by atoms with van der Waals surface area (Å²) in [7, 11) is 0. The van der Waals surface area contributed by atoms with Crippen LogP contribution in [-0.2, 0) is 14.4 Å². The average molecular weight is 740 g/mol. The van der Waals surface area contributed by atoms with Crippen molar-refractivity contribution in [2.75, 3.05) is 0 Å². The van der Waals surface area contributed by atoms with Gasteiger partial charge in [0.2, 0.25) is 0 Å². The van der Waals surface area contributed by atoms with Crippen LogP contribution >= 0.6 is 0 Å². The van der Waals surface area contributed by atoms with Gasteiger partial charge in [0, 0.05) is 57.5 Å². The van der Waals surface area contributed by atoms with E-state index >= 15 is 4.79 Å². The van der Waals surface area contributed by atoms with Crippen LogP contribution in [0, 0.1) is 50.7 Å². The van der Waals surface area contributed by atoms with E-state index < -0.39 is 74.1 Å². The third-order valence-electron chi connectivity index (χ3n) is 16.2. The first-order valence-electron chi connectivity index (χ1n) is 19.4. The summed E-state index contributed by atoms with van der Waals surface area (Å²) in [6.07, 6.45) is 9.55. The first-order chi connectivity index (χ1) is 25.1. The minimum atomic E-state index is -1.55. The summed E-state index contributed by atoms with van der Waals surface area (Å²) in [5, 5.41) is 48.4. The second-order valence-corrected chi connectivity index (χ2v) is 18.7. The van der Waals surface area contributed by atoms with E-state index in [9.17, 15) is 30.0 Å². The number of carboxylic acids is 1. The van der Waals surface area contributed by atoms with E-state index in [4.69, 9.17) is 11.5 Å². The van der Waals surface area contributed by atoms with Crippen LogP contribution in [0.4, 0.5) is 0 Å². The van der Waals surface area contributed by atoms with E-state index in [1.807, 2.05) is 76.3 Å². The quantitative estimate of drug-likeness (QED) is 0.0993. The van der Waals surface area contributed by atoms with Gasteiger partial charge >= 0.3 is 5.97 Å². The molecule has 54 heavy (non-hydrogen) atoms. The zero-order valence-electron chi connectivity index (χ0n) is 32.6. The lowest BCUT2D eigenvalue weighted by Crippen LogP contribution is -2.71. The molecule has 0 bridgehead atoms. The number of carboxylic acid groups (broad SMARTS) is 1. The summed E-state index contributed by atoms with van der Waals surface area (Å²) in [6.45, 7) is 13.5. The highest BCUT2D eigenvalue weighted by Crippen LogP contribution is 2.83. The Kier molecular flexibility index (Phi) is 8.59. The summed E-state index contributed by atoms with van der Waals surface area (Å²) >= 11 is 0. The van der Waals surface area contributed by atoms with Gasteiger partial charge in [0.1, 0.15) is 5.78 Å². The first-order valence-corrected chi connectivity index (χ1v) is 19.4. The third-order valence-corrected chi connectivity index (χ3v) is 16.2. The first kappa shape index (κ1) is 38.4. The molecule has 1 aromatic rings. The average Bonchev–Trinajstić information content (AvgIpc) is 3.24. The number of nitrogens with two attached hydrogens (primary N) is 2.